The second-order valence-electron chi connectivity index (χ2n) is 5.36. The molecule has 86 valence electrons. The van der Waals surface area contributed by atoms with Gasteiger partial charge in [-0.1, -0.05) is 13.3 Å². The van der Waals surface area contributed by atoms with Gasteiger partial charge in [-0.3, -0.25) is 4.79 Å². The van der Waals surface area contributed by atoms with Crippen molar-refractivity contribution in [3.63, 3.8) is 0 Å². The van der Waals surface area contributed by atoms with Crippen molar-refractivity contribution < 1.29 is 4.79 Å². The van der Waals surface area contributed by atoms with Crippen LogP contribution in [0, 0.1) is 5.41 Å². The molecule has 2 aliphatic rings. The molecule has 0 spiro atoms. The zero-order valence-corrected chi connectivity index (χ0v) is 9.72. The first kappa shape index (κ1) is 10.9. The van der Waals surface area contributed by atoms with E-state index in [0.717, 1.165) is 19.6 Å². The zero-order chi connectivity index (χ0) is 10.7. The second kappa shape index (κ2) is 4.52. The van der Waals surface area contributed by atoms with E-state index in [0.29, 0.717) is 12.0 Å². The fourth-order valence-corrected chi connectivity index (χ4v) is 2.51. The van der Waals surface area contributed by atoms with Gasteiger partial charge >= 0.3 is 0 Å². The number of carbonyl (C=O) groups excluding carboxylic acids is 1. The molecule has 1 aliphatic heterocycles. The van der Waals surface area contributed by atoms with Crippen molar-refractivity contribution in [1.29, 1.82) is 0 Å². The summed E-state index contributed by atoms with van der Waals surface area (Å²) in [7, 11) is 0. The minimum absolute atomic E-state index is 0.287. The molecule has 0 unspecified atom stereocenters. The molecule has 1 saturated heterocycles. The molecule has 0 radical (unpaired) electrons. The average molecular weight is 210 g/mol. The van der Waals surface area contributed by atoms with Crippen molar-refractivity contribution >= 4 is 5.91 Å². The monoisotopic (exact) mass is 210 g/mol. The Morgan fingerprint density at radius 1 is 1.27 bits per heavy atom. The molecule has 1 N–H and O–H groups in total. The minimum Gasteiger partial charge on any atom is -0.342 e. The Bertz CT molecular complexity index is 230. The molecule has 1 saturated carbocycles. The van der Waals surface area contributed by atoms with Crippen molar-refractivity contribution in [1.82, 2.24) is 10.2 Å². The van der Waals surface area contributed by atoms with Crippen LogP contribution in [0.15, 0.2) is 0 Å². The molecule has 0 aromatic rings. The lowest BCUT2D eigenvalue weighted by Crippen LogP contribution is -2.42. The highest BCUT2D eigenvalue weighted by Crippen LogP contribution is 2.39. The Balaban J connectivity index is 1.62. The Kier molecular flexibility index (Phi) is 3.29. The highest BCUT2D eigenvalue weighted by molar-refractivity contribution is 5.78. The highest BCUT2D eigenvalue weighted by atomic mass is 16.2. The third-order valence-corrected chi connectivity index (χ3v) is 3.85. The van der Waals surface area contributed by atoms with Crippen molar-refractivity contribution in [2.24, 2.45) is 5.41 Å². The summed E-state index contributed by atoms with van der Waals surface area (Å²) in [6.07, 6.45) is 6.36. The molecule has 2 rings (SSSR count). The predicted molar refractivity (Wildman–Crippen MR) is 60.6 cm³/mol. The van der Waals surface area contributed by atoms with Gasteiger partial charge in [0.15, 0.2) is 0 Å². The maximum Gasteiger partial charge on any atom is 0.236 e. The standard InChI is InChI=1S/C12H22N2O/c1-12(5-4-6-12)10-13-9-11(15)14-7-2-3-8-14/h13H,2-10H2,1H3. The Morgan fingerprint density at radius 2 is 1.93 bits per heavy atom. The molecule has 0 aromatic heterocycles. The van der Waals surface area contributed by atoms with E-state index in [-0.39, 0.29) is 5.91 Å². The molecule has 0 bridgehead atoms. The number of carbonyl (C=O) groups is 1. The smallest absolute Gasteiger partial charge is 0.236 e. The molecule has 3 nitrogen and oxygen atoms in total. The second-order valence-corrected chi connectivity index (χ2v) is 5.36. The molecule has 1 aliphatic carbocycles. The summed E-state index contributed by atoms with van der Waals surface area (Å²) >= 11 is 0. The van der Waals surface area contributed by atoms with Gasteiger partial charge < -0.3 is 10.2 Å². The SMILES string of the molecule is CC1(CNCC(=O)N2CCCC2)CCC1. The maximum absolute atomic E-state index is 11.7. The molecule has 1 heterocycles. The minimum atomic E-state index is 0.287. The Labute approximate surface area is 92.2 Å². The van der Waals surface area contributed by atoms with Crippen LogP contribution in [0.1, 0.15) is 39.0 Å². The average Bonchev–Trinajstić information content (AvgIpc) is 2.67. The summed E-state index contributed by atoms with van der Waals surface area (Å²) < 4.78 is 0. The third kappa shape index (κ3) is 2.71. The van der Waals surface area contributed by atoms with E-state index in [4.69, 9.17) is 0 Å². The number of hydrogen-bond acceptors (Lipinski definition) is 2. The Morgan fingerprint density at radius 3 is 2.47 bits per heavy atom. The number of hydrogen-bond donors (Lipinski definition) is 1. The van der Waals surface area contributed by atoms with E-state index in [1.54, 1.807) is 0 Å². The molecule has 0 aromatic carbocycles. The summed E-state index contributed by atoms with van der Waals surface area (Å²) in [5.74, 6) is 0.287. The topological polar surface area (TPSA) is 32.3 Å². The van der Waals surface area contributed by atoms with E-state index in [1.165, 1.54) is 32.1 Å². The number of rotatable bonds is 4. The largest absolute Gasteiger partial charge is 0.342 e. The van der Waals surface area contributed by atoms with E-state index in [9.17, 15) is 4.79 Å². The van der Waals surface area contributed by atoms with Gasteiger partial charge in [0.1, 0.15) is 0 Å². The summed E-state index contributed by atoms with van der Waals surface area (Å²) in [5, 5.41) is 3.31. The zero-order valence-electron chi connectivity index (χ0n) is 9.72. The van der Waals surface area contributed by atoms with E-state index in [2.05, 4.69) is 12.2 Å². The number of amides is 1. The van der Waals surface area contributed by atoms with Crippen molar-refractivity contribution in [3.8, 4) is 0 Å². The number of likely N-dealkylation sites (tertiary alicyclic amines) is 1. The molecule has 3 heteroatoms. The normalized spacial score (nSPS) is 23.9. The Hall–Kier alpha value is -0.570. The molecular weight excluding hydrogens is 188 g/mol. The van der Waals surface area contributed by atoms with E-state index in [1.807, 2.05) is 4.90 Å². The van der Waals surface area contributed by atoms with Gasteiger partial charge in [-0.15, -0.1) is 0 Å². The highest BCUT2D eigenvalue weighted by Gasteiger charge is 2.31. The van der Waals surface area contributed by atoms with Crippen LogP contribution in [0.25, 0.3) is 0 Å². The van der Waals surface area contributed by atoms with Crippen molar-refractivity contribution in [2.75, 3.05) is 26.2 Å². The van der Waals surface area contributed by atoms with Gasteiger partial charge in [0.05, 0.1) is 6.54 Å². The number of nitrogens with zero attached hydrogens (tertiary/aromatic N) is 1. The maximum atomic E-state index is 11.7. The fraction of sp³-hybridized carbons (Fsp3) is 0.917. The van der Waals surface area contributed by atoms with Crippen LogP contribution in [-0.4, -0.2) is 37.0 Å². The molecular formula is C12H22N2O. The summed E-state index contributed by atoms with van der Waals surface area (Å²) in [6.45, 7) is 5.79. The van der Waals surface area contributed by atoms with Crippen LogP contribution in [0.5, 0.6) is 0 Å². The van der Waals surface area contributed by atoms with Gasteiger partial charge in [-0.25, -0.2) is 0 Å². The predicted octanol–water partition coefficient (Wildman–Crippen LogP) is 1.39. The summed E-state index contributed by atoms with van der Waals surface area (Å²) in [4.78, 5) is 13.7. The fourth-order valence-electron chi connectivity index (χ4n) is 2.51. The lowest BCUT2D eigenvalue weighted by Gasteiger charge is -2.38. The van der Waals surface area contributed by atoms with Crippen LogP contribution in [0.3, 0.4) is 0 Å². The first-order valence-corrected chi connectivity index (χ1v) is 6.18. The third-order valence-electron chi connectivity index (χ3n) is 3.85. The van der Waals surface area contributed by atoms with Crippen LogP contribution in [0.4, 0.5) is 0 Å². The van der Waals surface area contributed by atoms with Gasteiger partial charge in [-0.05, 0) is 31.1 Å². The van der Waals surface area contributed by atoms with Crippen LogP contribution < -0.4 is 5.32 Å². The van der Waals surface area contributed by atoms with Crippen molar-refractivity contribution in [2.45, 2.75) is 39.0 Å². The van der Waals surface area contributed by atoms with Crippen LogP contribution in [-0.2, 0) is 4.79 Å². The molecule has 2 fully saturated rings. The van der Waals surface area contributed by atoms with Crippen LogP contribution in [0.2, 0.25) is 0 Å². The lowest BCUT2D eigenvalue weighted by molar-refractivity contribution is -0.129. The molecule has 15 heavy (non-hydrogen) atoms. The van der Waals surface area contributed by atoms with Gasteiger partial charge in [0.25, 0.3) is 0 Å². The van der Waals surface area contributed by atoms with Crippen LogP contribution >= 0.6 is 0 Å². The first-order valence-electron chi connectivity index (χ1n) is 6.18. The quantitative estimate of drug-likeness (QED) is 0.760. The summed E-state index contributed by atoms with van der Waals surface area (Å²) in [6, 6.07) is 0. The summed E-state index contributed by atoms with van der Waals surface area (Å²) in [5.41, 5.74) is 0.477. The van der Waals surface area contributed by atoms with Crippen molar-refractivity contribution in [3.05, 3.63) is 0 Å². The number of nitrogens with one attached hydrogen (secondary N) is 1. The molecule has 0 atom stereocenters. The van der Waals surface area contributed by atoms with Gasteiger partial charge in [-0.2, -0.15) is 0 Å². The van der Waals surface area contributed by atoms with E-state index >= 15 is 0 Å². The van der Waals surface area contributed by atoms with Gasteiger partial charge in [0, 0.05) is 19.6 Å². The molecule has 1 amide bonds. The van der Waals surface area contributed by atoms with Gasteiger partial charge in [0.2, 0.25) is 5.91 Å². The first-order chi connectivity index (χ1) is 7.20. The lowest BCUT2D eigenvalue weighted by atomic mass is 9.70. The van der Waals surface area contributed by atoms with E-state index < -0.39 is 0 Å².